The first-order valence-corrected chi connectivity index (χ1v) is 8.17. The molecule has 1 N–H and O–H groups in total. The van der Waals surface area contributed by atoms with E-state index in [-0.39, 0.29) is 17.1 Å². The van der Waals surface area contributed by atoms with Crippen molar-refractivity contribution in [1.29, 1.82) is 5.26 Å². The Morgan fingerprint density at radius 3 is 2.75 bits per heavy atom. The standard InChI is InChI=1S/C14H18N2O3S/c15-10-12-6-3-4-8-14(12)20(18,19)16-9-5-1-2-7-13(16)11-17/h3-4,6,8,13,17H,1-2,5,7,9,11H2. The number of nitrogens with zero attached hydrogens (tertiary/aromatic N) is 2. The third-order valence-corrected chi connectivity index (χ3v) is 5.64. The van der Waals surface area contributed by atoms with Crippen LogP contribution in [-0.2, 0) is 10.0 Å². The maximum absolute atomic E-state index is 12.8. The van der Waals surface area contributed by atoms with Crippen LogP contribution in [0.4, 0.5) is 0 Å². The average molecular weight is 294 g/mol. The van der Waals surface area contributed by atoms with E-state index in [1.165, 1.54) is 16.4 Å². The van der Waals surface area contributed by atoms with Crippen molar-refractivity contribution in [2.24, 2.45) is 0 Å². The fourth-order valence-electron chi connectivity index (χ4n) is 2.56. The van der Waals surface area contributed by atoms with Crippen LogP contribution in [0.3, 0.4) is 0 Å². The first-order valence-electron chi connectivity index (χ1n) is 6.73. The molecule has 0 radical (unpaired) electrons. The molecule has 1 unspecified atom stereocenters. The fraction of sp³-hybridized carbons (Fsp3) is 0.500. The minimum atomic E-state index is -3.74. The molecule has 1 saturated heterocycles. The summed E-state index contributed by atoms with van der Waals surface area (Å²) in [6.45, 7) is 0.210. The fourth-order valence-corrected chi connectivity index (χ4v) is 4.39. The van der Waals surface area contributed by atoms with Crippen molar-refractivity contribution in [1.82, 2.24) is 4.31 Å². The van der Waals surface area contributed by atoms with Gasteiger partial charge < -0.3 is 5.11 Å². The largest absolute Gasteiger partial charge is 0.395 e. The zero-order valence-electron chi connectivity index (χ0n) is 11.2. The van der Waals surface area contributed by atoms with Gasteiger partial charge in [0.15, 0.2) is 0 Å². The summed E-state index contributed by atoms with van der Waals surface area (Å²) in [6.07, 6.45) is 3.31. The van der Waals surface area contributed by atoms with E-state index in [4.69, 9.17) is 5.26 Å². The molecule has 1 fully saturated rings. The van der Waals surface area contributed by atoms with Crippen LogP contribution in [0.25, 0.3) is 0 Å². The van der Waals surface area contributed by atoms with Gasteiger partial charge in [-0.1, -0.05) is 25.0 Å². The molecule has 0 aromatic heterocycles. The van der Waals surface area contributed by atoms with Crippen molar-refractivity contribution in [3.8, 4) is 6.07 Å². The van der Waals surface area contributed by atoms with Gasteiger partial charge in [0.25, 0.3) is 0 Å². The molecule has 1 aromatic carbocycles. The van der Waals surface area contributed by atoms with Gasteiger partial charge in [-0.3, -0.25) is 0 Å². The van der Waals surface area contributed by atoms with E-state index in [9.17, 15) is 13.5 Å². The minimum absolute atomic E-state index is 0.0304. The molecule has 20 heavy (non-hydrogen) atoms. The molecule has 0 bridgehead atoms. The molecule has 108 valence electrons. The van der Waals surface area contributed by atoms with Crippen molar-refractivity contribution in [3.05, 3.63) is 29.8 Å². The molecule has 1 aliphatic rings. The molecule has 0 aliphatic carbocycles. The zero-order valence-corrected chi connectivity index (χ0v) is 12.0. The molecule has 1 aliphatic heterocycles. The first kappa shape index (κ1) is 15.0. The summed E-state index contributed by atoms with van der Waals surface area (Å²) in [4.78, 5) is 0.0304. The number of sulfonamides is 1. The Kier molecular flexibility index (Phi) is 4.76. The van der Waals surface area contributed by atoms with E-state index in [0.717, 1.165) is 19.3 Å². The number of hydrogen-bond acceptors (Lipinski definition) is 4. The summed E-state index contributed by atoms with van der Waals surface area (Å²) in [7, 11) is -3.74. The van der Waals surface area contributed by atoms with E-state index in [0.29, 0.717) is 13.0 Å². The summed E-state index contributed by atoms with van der Waals surface area (Å²) < 4.78 is 26.9. The Balaban J connectivity index is 2.45. The van der Waals surface area contributed by atoms with Crippen LogP contribution < -0.4 is 0 Å². The highest BCUT2D eigenvalue weighted by molar-refractivity contribution is 7.89. The second kappa shape index (κ2) is 6.35. The molecule has 1 atom stereocenters. The normalized spacial score (nSPS) is 21.1. The van der Waals surface area contributed by atoms with Gasteiger partial charge in [0.2, 0.25) is 10.0 Å². The van der Waals surface area contributed by atoms with Gasteiger partial charge in [-0.2, -0.15) is 9.57 Å². The van der Waals surface area contributed by atoms with Crippen LogP contribution >= 0.6 is 0 Å². The Labute approximate surface area is 119 Å². The van der Waals surface area contributed by atoms with Crippen LogP contribution in [0.2, 0.25) is 0 Å². The van der Waals surface area contributed by atoms with E-state index < -0.39 is 16.1 Å². The third kappa shape index (κ3) is 2.85. The first-order chi connectivity index (χ1) is 9.61. The average Bonchev–Trinajstić information content (AvgIpc) is 2.72. The summed E-state index contributed by atoms with van der Waals surface area (Å²) in [5, 5.41) is 18.5. The van der Waals surface area contributed by atoms with Crippen LogP contribution in [0, 0.1) is 11.3 Å². The highest BCUT2D eigenvalue weighted by Gasteiger charge is 2.33. The lowest BCUT2D eigenvalue weighted by atomic mass is 10.1. The van der Waals surface area contributed by atoms with Crippen LogP contribution in [0.15, 0.2) is 29.2 Å². The molecular weight excluding hydrogens is 276 g/mol. The molecule has 1 aromatic rings. The third-order valence-electron chi connectivity index (χ3n) is 3.63. The summed E-state index contributed by atoms with van der Waals surface area (Å²) in [5.41, 5.74) is 0.147. The van der Waals surface area contributed by atoms with Crippen molar-refractivity contribution in [2.75, 3.05) is 13.2 Å². The molecule has 0 amide bonds. The molecule has 6 heteroatoms. The van der Waals surface area contributed by atoms with E-state index in [2.05, 4.69) is 0 Å². The molecular formula is C14H18N2O3S. The highest BCUT2D eigenvalue weighted by Crippen LogP contribution is 2.26. The Morgan fingerprint density at radius 1 is 1.30 bits per heavy atom. The lowest BCUT2D eigenvalue weighted by molar-refractivity contribution is 0.186. The van der Waals surface area contributed by atoms with Crippen LogP contribution in [-0.4, -0.2) is 37.0 Å². The Bertz CT molecular complexity index is 607. The molecule has 0 saturated carbocycles. The quantitative estimate of drug-likeness (QED) is 0.915. The van der Waals surface area contributed by atoms with Crippen LogP contribution in [0.5, 0.6) is 0 Å². The van der Waals surface area contributed by atoms with Gasteiger partial charge in [-0.05, 0) is 25.0 Å². The molecule has 5 nitrogen and oxygen atoms in total. The van der Waals surface area contributed by atoms with Crippen molar-refractivity contribution >= 4 is 10.0 Å². The number of nitriles is 1. The summed E-state index contributed by atoms with van der Waals surface area (Å²) in [6, 6.07) is 7.73. The number of rotatable bonds is 3. The molecule has 2 rings (SSSR count). The maximum Gasteiger partial charge on any atom is 0.244 e. The second-order valence-corrected chi connectivity index (χ2v) is 6.77. The van der Waals surface area contributed by atoms with E-state index in [1.807, 2.05) is 6.07 Å². The van der Waals surface area contributed by atoms with Gasteiger partial charge >= 0.3 is 0 Å². The zero-order chi connectivity index (χ0) is 14.6. The second-order valence-electron chi connectivity index (χ2n) is 4.91. The van der Waals surface area contributed by atoms with Crippen molar-refractivity contribution in [2.45, 2.75) is 36.6 Å². The van der Waals surface area contributed by atoms with Gasteiger partial charge in [0.05, 0.1) is 17.1 Å². The molecule has 1 heterocycles. The highest BCUT2D eigenvalue weighted by atomic mass is 32.2. The van der Waals surface area contributed by atoms with Gasteiger partial charge in [-0.25, -0.2) is 8.42 Å². The number of aliphatic hydroxyl groups is 1. The van der Waals surface area contributed by atoms with Gasteiger partial charge in [-0.15, -0.1) is 0 Å². The van der Waals surface area contributed by atoms with Gasteiger partial charge in [0.1, 0.15) is 6.07 Å². The smallest absolute Gasteiger partial charge is 0.244 e. The van der Waals surface area contributed by atoms with Crippen LogP contribution in [0.1, 0.15) is 31.2 Å². The monoisotopic (exact) mass is 294 g/mol. The van der Waals surface area contributed by atoms with E-state index in [1.54, 1.807) is 12.1 Å². The van der Waals surface area contributed by atoms with E-state index >= 15 is 0 Å². The topological polar surface area (TPSA) is 81.4 Å². The lowest BCUT2D eigenvalue weighted by Crippen LogP contribution is -2.42. The predicted molar refractivity (Wildman–Crippen MR) is 74.4 cm³/mol. The number of hydrogen-bond donors (Lipinski definition) is 1. The SMILES string of the molecule is N#Cc1ccccc1S(=O)(=O)N1CCCCCC1CO. The van der Waals surface area contributed by atoms with Gasteiger partial charge in [0, 0.05) is 12.6 Å². The lowest BCUT2D eigenvalue weighted by Gasteiger charge is -2.27. The molecule has 0 spiro atoms. The summed E-state index contributed by atoms with van der Waals surface area (Å²) >= 11 is 0. The van der Waals surface area contributed by atoms with Crippen molar-refractivity contribution < 1.29 is 13.5 Å². The predicted octanol–water partition coefficient (Wildman–Crippen LogP) is 1.48. The van der Waals surface area contributed by atoms with Crippen molar-refractivity contribution in [3.63, 3.8) is 0 Å². The Hall–Kier alpha value is -1.42. The number of aliphatic hydroxyl groups excluding tert-OH is 1. The minimum Gasteiger partial charge on any atom is -0.395 e. The summed E-state index contributed by atoms with van der Waals surface area (Å²) in [5.74, 6) is 0. The Morgan fingerprint density at radius 2 is 2.05 bits per heavy atom. The number of benzene rings is 1. The maximum atomic E-state index is 12.8.